The maximum absolute atomic E-state index is 9.91. The maximum Gasteiger partial charge on any atom is 0.519 e. The zero-order valence-electron chi connectivity index (χ0n) is 2.79. The van der Waals surface area contributed by atoms with Crippen molar-refractivity contribution in [1.82, 2.24) is 6.15 Å². The highest BCUT2D eigenvalue weighted by Crippen LogP contribution is 2.06. The van der Waals surface area contributed by atoms with Crippen LogP contribution in [0.3, 0.4) is 0 Å². The summed E-state index contributed by atoms with van der Waals surface area (Å²) < 4.78 is 29.7. The molecular weight excluding hydrogens is 99.0 g/mol. The summed E-state index contributed by atoms with van der Waals surface area (Å²) in [5, 5.41) is 6.52. The monoisotopic (exact) mass is 103 g/mol. The maximum atomic E-state index is 9.91. The summed E-state index contributed by atoms with van der Waals surface area (Å²) >= 11 is 0. The minimum absolute atomic E-state index is 0. The summed E-state index contributed by atoms with van der Waals surface area (Å²) in [5.41, 5.74) is 0. The van der Waals surface area contributed by atoms with E-state index in [1.165, 1.54) is 0 Å². The minimum Gasteiger partial charge on any atom is -0.344 e. The molecule has 0 bridgehead atoms. The minimum atomic E-state index is -5.00. The van der Waals surface area contributed by atoms with Gasteiger partial charge in [0.05, 0.1) is 0 Å². The molecular formula is CH4F3NO. The number of alkyl halides is 3. The van der Waals surface area contributed by atoms with Gasteiger partial charge in [0.1, 0.15) is 0 Å². The molecule has 4 N–H and O–H groups in total. The molecule has 5 heteroatoms. The molecule has 0 aromatic carbocycles. The normalized spacial score (nSPS) is 10.0. The zero-order chi connectivity index (χ0) is 4.50. The third-order valence-corrected chi connectivity index (χ3v) is 0. The molecule has 0 aromatic rings. The molecule has 0 aromatic heterocycles. The van der Waals surface area contributed by atoms with Gasteiger partial charge in [0, 0.05) is 0 Å². The topological polar surface area (TPSA) is 55.2 Å². The average Bonchev–Trinajstić information content (AvgIpc) is 0.722. The van der Waals surface area contributed by atoms with Crippen LogP contribution in [0.4, 0.5) is 13.2 Å². The molecule has 0 aliphatic heterocycles. The Labute approximate surface area is 32.2 Å². The Balaban J connectivity index is 0. The van der Waals surface area contributed by atoms with Crippen molar-refractivity contribution in [3.8, 4) is 0 Å². The van der Waals surface area contributed by atoms with Gasteiger partial charge in [0.25, 0.3) is 0 Å². The molecule has 6 heavy (non-hydrogen) atoms. The van der Waals surface area contributed by atoms with Crippen LogP contribution in [-0.2, 0) is 0 Å². The SMILES string of the molecule is N.OC(F)(F)F. The van der Waals surface area contributed by atoms with Crippen molar-refractivity contribution in [3.63, 3.8) is 0 Å². The van der Waals surface area contributed by atoms with Crippen LogP contribution in [0.25, 0.3) is 0 Å². The molecule has 0 rings (SSSR count). The Hall–Kier alpha value is -0.290. The molecule has 0 aliphatic rings. The molecule has 0 saturated heterocycles. The molecule has 0 fully saturated rings. The average molecular weight is 103 g/mol. The van der Waals surface area contributed by atoms with E-state index in [4.69, 9.17) is 5.11 Å². The first kappa shape index (κ1) is 9.20. The lowest BCUT2D eigenvalue weighted by Gasteiger charge is -1.86. The predicted molar refractivity (Wildman–Crippen MR) is 13.3 cm³/mol. The molecule has 0 radical (unpaired) electrons. The first-order valence-electron chi connectivity index (χ1n) is 0.791. The van der Waals surface area contributed by atoms with Crippen LogP contribution in [0.5, 0.6) is 0 Å². The summed E-state index contributed by atoms with van der Waals surface area (Å²) in [6, 6.07) is 0. The Morgan fingerprint density at radius 3 is 1.17 bits per heavy atom. The van der Waals surface area contributed by atoms with Gasteiger partial charge in [-0.25, -0.2) is 0 Å². The number of rotatable bonds is 0. The van der Waals surface area contributed by atoms with E-state index >= 15 is 0 Å². The quantitative estimate of drug-likeness (QED) is 0.473. The van der Waals surface area contributed by atoms with E-state index in [1.54, 1.807) is 0 Å². The van der Waals surface area contributed by atoms with Crippen LogP contribution in [0.2, 0.25) is 0 Å². The van der Waals surface area contributed by atoms with Gasteiger partial charge in [-0.3, -0.25) is 0 Å². The molecule has 0 heterocycles. The predicted octanol–water partition coefficient (Wildman–Crippen LogP) is 0.660. The lowest BCUT2D eigenvalue weighted by Crippen LogP contribution is -2.01. The molecule has 2 nitrogen and oxygen atoms in total. The lowest BCUT2D eigenvalue weighted by molar-refractivity contribution is -0.295. The molecule has 0 aliphatic carbocycles. The van der Waals surface area contributed by atoms with Crippen LogP contribution in [-0.4, -0.2) is 11.5 Å². The van der Waals surface area contributed by atoms with Gasteiger partial charge in [-0.05, 0) is 0 Å². The third kappa shape index (κ3) is 324. The number of aliphatic hydroxyl groups is 1. The Morgan fingerprint density at radius 1 is 1.17 bits per heavy atom. The van der Waals surface area contributed by atoms with Gasteiger partial charge in [-0.1, -0.05) is 0 Å². The van der Waals surface area contributed by atoms with Gasteiger partial charge in [-0.2, -0.15) is 0 Å². The van der Waals surface area contributed by atoms with E-state index in [-0.39, 0.29) is 6.15 Å². The number of hydrogen-bond acceptors (Lipinski definition) is 2. The second-order valence-corrected chi connectivity index (χ2v) is 0.468. The van der Waals surface area contributed by atoms with E-state index in [0.29, 0.717) is 0 Å². The summed E-state index contributed by atoms with van der Waals surface area (Å²) in [7, 11) is 0. The summed E-state index contributed by atoms with van der Waals surface area (Å²) in [4.78, 5) is 0. The fourth-order valence-corrected chi connectivity index (χ4v) is 0. The molecule has 0 unspecified atom stereocenters. The van der Waals surface area contributed by atoms with Crippen molar-refractivity contribution >= 4 is 0 Å². The smallest absolute Gasteiger partial charge is 0.344 e. The van der Waals surface area contributed by atoms with E-state index in [9.17, 15) is 13.2 Å². The van der Waals surface area contributed by atoms with E-state index < -0.39 is 6.36 Å². The standard InChI is InChI=1S/CHF3O.H3N/c2-1(3,4)5;/h5H;1H3. The van der Waals surface area contributed by atoms with Crippen LogP contribution < -0.4 is 6.15 Å². The second kappa shape index (κ2) is 1.99. The largest absolute Gasteiger partial charge is 0.519 e. The first-order valence-corrected chi connectivity index (χ1v) is 0.791. The van der Waals surface area contributed by atoms with Crippen molar-refractivity contribution in [1.29, 1.82) is 0 Å². The third-order valence-electron chi connectivity index (χ3n) is 0. The van der Waals surface area contributed by atoms with Gasteiger partial charge in [-0.15, -0.1) is 13.2 Å². The van der Waals surface area contributed by atoms with Crippen molar-refractivity contribution in [3.05, 3.63) is 0 Å². The highest BCUT2D eigenvalue weighted by molar-refractivity contribution is 4.06. The van der Waals surface area contributed by atoms with Gasteiger partial charge in [0.15, 0.2) is 0 Å². The highest BCUT2D eigenvalue weighted by Gasteiger charge is 2.20. The van der Waals surface area contributed by atoms with Crippen molar-refractivity contribution in [2.45, 2.75) is 6.36 Å². The van der Waals surface area contributed by atoms with Crippen molar-refractivity contribution in [2.24, 2.45) is 0 Å². The first-order chi connectivity index (χ1) is 2.00. The summed E-state index contributed by atoms with van der Waals surface area (Å²) in [5.74, 6) is 0. The fraction of sp³-hybridized carbons (Fsp3) is 1.00. The van der Waals surface area contributed by atoms with Crippen LogP contribution in [0, 0.1) is 0 Å². The Bertz CT molecular complexity index is 26.3. The molecule has 0 saturated carbocycles. The fourth-order valence-electron chi connectivity index (χ4n) is 0. The van der Waals surface area contributed by atoms with E-state index in [2.05, 4.69) is 0 Å². The van der Waals surface area contributed by atoms with Crippen molar-refractivity contribution in [2.75, 3.05) is 0 Å². The number of halogens is 3. The van der Waals surface area contributed by atoms with Crippen LogP contribution in [0.1, 0.15) is 0 Å². The highest BCUT2D eigenvalue weighted by atomic mass is 19.4. The van der Waals surface area contributed by atoms with E-state index in [1.807, 2.05) is 0 Å². The van der Waals surface area contributed by atoms with Gasteiger partial charge < -0.3 is 11.3 Å². The van der Waals surface area contributed by atoms with Crippen molar-refractivity contribution < 1.29 is 18.3 Å². The van der Waals surface area contributed by atoms with E-state index in [0.717, 1.165) is 0 Å². The van der Waals surface area contributed by atoms with Crippen LogP contribution in [0.15, 0.2) is 0 Å². The number of hydrogen-bond donors (Lipinski definition) is 2. The Morgan fingerprint density at radius 2 is 1.17 bits per heavy atom. The molecule has 40 valence electrons. The molecule has 0 amide bonds. The molecule has 0 atom stereocenters. The lowest BCUT2D eigenvalue weighted by atomic mass is 11.4. The summed E-state index contributed by atoms with van der Waals surface area (Å²) in [6.45, 7) is 0. The molecule has 0 spiro atoms. The zero-order valence-corrected chi connectivity index (χ0v) is 2.79. The Kier molecular flexibility index (Phi) is 3.05. The summed E-state index contributed by atoms with van der Waals surface area (Å²) in [6.07, 6.45) is -5.00. The van der Waals surface area contributed by atoms with Gasteiger partial charge >= 0.3 is 6.36 Å². The second-order valence-electron chi connectivity index (χ2n) is 0.468. The van der Waals surface area contributed by atoms with Gasteiger partial charge in [0.2, 0.25) is 0 Å². The van der Waals surface area contributed by atoms with Crippen LogP contribution >= 0.6 is 0 Å².